The highest BCUT2D eigenvalue weighted by molar-refractivity contribution is 5.47. The number of fused-ring (bicyclic) bond motifs is 1. The van der Waals surface area contributed by atoms with Crippen LogP contribution in [0.4, 0.5) is 4.39 Å². The van der Waals surface area contributed by atoms with Crippen LogP contribution >= 0.6 is 0 Å². The summed E-state index contributed by atoms with van der Waals surface area (Å²) in [7, 11) is 0. The summed E-state index contributed by atoms with van der Waals surface area (Å²) in [5.74, 6) is -2.53. The number of halogens is 1. The van der Waals surface area contributed by atoms with Gasteiger partial charge in [-0.3, -0.25) is 14.3 Å². The molecule has 6 rings (SSSR count). The van der Waals surface area contributed by atoms with Crippen LogP contribution in [0.3, 0.4) is 0 Å². The Hall–Kier alpha value is -4.44. The Bertz CT molecular complexity index is 1690. The third kappa shape index (κ3) is 4.96. The molecule has 2 aliphatic heterocycles. The van der Waals surface area contributed by atoms with E-state index in [4.69, 9.17) is 18.9 Å². The van der Waals surface area contributed by atoms with E-state index in [1.807, 2.05) is 102 Å². The van der Waals surface area contributed by atoms with E-state index in [9.17, 15) is 24.3 Å². The lowest BCUT2D eigenvalue weighted by Crippen LogP contribution is -2.65. The third-order valence-electron chi connectivity index (χ3n) is 8.01. The molecule has 0 bridgehead atoms. The smallest absolute Gasteiger partial charge is 0.330 e. The lowest BCUT2D eigenvalue weighted by atomic mass is 9.79. The summed E-state index contributed by atoms with van der Waals surface area (Å²) in [4.78, 5) is 26.6. The summed E-state index contributed by atoms with van der Waals surface area (Å²) in [6.45, 7) is 2.77. The molecule has 1 aromatic heterocycles. The van der Waals surface area contributed by atoms with Crippen LogP contribution < -0.4 is 11.2 Å². The second-order valence-electron chi connectivity index (χ2n) is 11.2. The molecule has 3 aromatic carbocycles. The molecule has 0 aliphatic carbocycles. The van der Waals surface area contributed by atoms with Crippen LogP contribution in [-0.2, 0) is 24.5 Å². The molecule has 2 N–H and O–H groups in total. The van der Waals surface area contributed by atoms with Gasteiger partial charge in [-0.15, -0.1) is 0 Å². The highest BCUT2D eigenvalue weighted by Crippen LogP contribution is 2.47. The van der Waals surface area contributed by atoms with E-state index in [0.29, 0.717) is 6.20 Å². The van der Waals surface area contributed by atoms with Crippen LogP contribution in [0.15, 0.2) is 107 Å². The van der Waals surface area contributed by atoms with Gasteiger partial charge in [-0.05, 0) is 30.5 Å². The Morgan fingerprint density at radius 3 is 1.98 bits per heavy atom. The molecule has 2 saturated heterocycles. The van der Waals surface area contributed by atoms with E-state index in [0.717, 1.165) is 21.3 Å². The SMILES string of the molecule is CC1(C)O[C@H]2[C@@H](O1)[C@@](O)(C#N)[C@@H](COC(c1ccccc1)(c1ccccc1)c1ccccc1)O[C@@H]2n1cc(F)c(=O)[nH]c1=O. The van der Waals surface area contributed by atoms with Gasteiger partial charge < -0.3 is 24.1 Å². The molecule has 10 nitrogen and oxygen atoms in total. The van der Waals surface area contributed by atoms with Crippen molar-refractivity contribution in [2.75, 3.05) is 6.61 Å². The lowest BCUT2D eigenvalue weighted by molar-refractivity contribution is -0.256. The van der Waals surface area contributed by atoms with Crippen LogP contribution in [0.1, 0.15) is 36.8 Å². The van der Waals surface area contributed by atoms with Gasteiger partial charge in [-0.25, -0.2) is 4.79 Å². The molecular weight excluding hydrogens is 569 g/mol. The summed E-state index contributed by atoms with van der Waals surface area (Å²) in [5.41, 5.74) is -3.43. The van der Waals surface area contributed by atoms with Crippen molar-refractivity contribution < 1.29 is 28.4 Å². The normalized spacial score (nSPS) is 26.1. The highest BCUT2D eigenvalue weighted by Gasteiger charge is 2.64. The summed E-state index contributed by atoms with van der Waals surface area (Å²) < 4.78 is 40.3. The fourth-order valence-corrected chi connectivity index (χ4v) is 6.02. The number of hydrogen-bond donors (Lipinski definition) is 2. The zero-order valence-electron chi connectivity index (χ0n) is 23.9. The Balaban J connectivity index is 1.48. The van der Waals surface area contributed by atoms with Gasteiger partial charge in [-0.1, -0.05) is 91.0 Å². The molecule has 226 valence electrons. The number of hydrogen-bond acceptors (Lipinski definition) is 8. The van der Waals surface area contributed by atoms with Crippen LogP contribution in [0.25, 0.3) is 0 Å². The molecule has 0 amide bonds. The first-order chi connectivity index (χ1) is 21.1. The van der Waals surface area contributed by atoms with Gasteiger partial charge in [0.2, 0.25) is 11.4 Å². The van der Waals surface area contributed by atoms with E-state index < -0.39 is 58.6 Å². The third-order valence-corrected chi connectivity index (χ3v) is 8.01. The van der Waals surface area contributed by atoms with E-state index in [1.54, 1.807) is 13.8 Å². The van der Waals surface area contributed by atoms with Crippen LogP contribution in [-0.4, -0.2) is 51.0 Å². The van der Waals surface area contributed by atoms with Crippen molar-refractivity contribution in [2.45, 2.75) is 55.4 Å². The van der Waals surface area contributed by atoms with E-state index >= 15 is 0 Å². The minimum Gasteiger partial charge on any atom is -0.371 e. The van der Waals surface area contributed by atoms with E-state index in [1.165, 1.54) is 0 Å². The van der Waals surface area contributed by atoms with Gasteiger partial charge in [0.05, 0.1) is 12.8 Å². The second-order valence-corrected chi connectivity index (χ2v) is 11.2. The fourth-order valence-electron chi connectivity index (χ4n) is 6.02. The van der Waals surface area contributed by atoms with Crippen LogP contribution in [0, 0.1) is 17.1 Å². The number of nitrogens with zero attached hydrogens (tertiary/aromatic N) is 2. The topological polar surface area (TPSA) is 136 Å². The van der Waals surface area contributed by atoms with Crippen LogP contribution in [0.2, 0.25) is 0 Å². The maximum atomic E-state index is 14.4. The predicted molar refractivity (Wildman–Crippen MR) is 155 cm³/mol. The van der Waals surface area contributed by atoms with Crippen molar-refractivity contribution >= 4 is 0 Å². The summed E-state index contributed by atoms with van der Waals surface area (Å²) in [6, 6.07) is 30.3. The molecule has 2 fully saturated rings. The minimum atomic E-state index is -2.32. The summed E-state index contributed by atoms with van der Waals surface area (Å²) >= 11 is 0. The largest absolute Gasteiger partial charge is 0.371 e. The average Bonchev–Trinajstić information content (AvgIpc) is 3.38. The van der Waals surface area contributed by atoms with Crippen molar-refractivity contribution in [1.29, 1.82) is 5.26 Å². The molecule has 11 heteroatoms. The number of ether oxygens (including phenoxy) is 4. The van der Waals surface area contributed by atoms with Crippen molar-refractivity contribution in [3.05, 3.63) is 141 Å². The molecule has 44 heavy (non-hydrogen) atoms. The molecule has 3 heterocycles. The van der Waals surface area contributed by atoms with Gasteiger partial charge >= 0.3 is 5.69 Å². The number of nitriles is 1. The van der Waals surface area contributed by atoms with Crippen molar-refractivity contribution in [1.82, 2.24) is 9.55 Å². The van der Waals surface area contributed by atoms with Crippen molar-refractivity contribution in [3.63, 3.8) is 0 Å². The fraction of sp³-hybridized carbons (Fsp3) is 0.303. The Morgan fingerprint density at radius 1 is 0.955 bits per heavy atom. The van der Waals surface area contributed by atoms with Crippen molar-refractivity contribution in [3.8, 4) is 6.07 Å². The summed E-state index contributed by atoms with van der Waals surface area (Å²) in [6.07, 6.45) is -4.70. The first kappa shape index (κ1) is 29.6. The highest BCUT2D eigenvalue weighted by atomic mass is 19.1. The monoisotopic (exact) mass is 599 g/mol. The molecule has 5 atom stereocenters. The standard InChI is InChI=1S/C33H30FN3O7/c1-31(2)43-26-27(44-31)32(40,20-35)25(42-29(26)37-18-24(34)28(38)36-30(37)39)19-41-33(21-12-6-3-7-13-21,22-14-8-4-9-15-22)23-16-10-5-11-17-23/h3-18,25-27,29,40H,19H2,1-2H3,(H,36,38,39)/t25-,26+,27-,29+,32-/m1/s1. The first-order valence-electron chi connectivity index (χ1n) is 14.1. The number of aromatic amines is 1. The Morgan fingerprint density at radius 2 is 1.48 bits per heavy atom. The summed E-state index contributed by atoms with van der Waals surface area (Å²) in [5, 5.41) is 22.3. The molecule has 0 saturated carbocycles. The zero-order valence-corrected chi connectivity index (χ0v) is 23.9. The van der Waals surface area contributed by atoms with Gasteiger partial charge in [-0.2, -0.15) is 9.65 Å². The molecule has 2 aliphatic rings. The van der Waals surface area contributed by atoms with Gasteiger partial charge in [0.15, 0.2) is 12.0 Å². The van der Waals surface area contributed by atoms with E-state index in [-0.39, 0.29) is 6.61 Å². The van der Waals surface area contributed by atoms with Gasteiger partial charge in [0.1, 0.15) is 30.0 Å². The zero-order chi connectivity index (χ0) is 31.1. The Kier molecular flexibility index (Phi) is 7.57. The van der Waals surface area contributed by atoms with Crippen LogP contribution in [0.5, 0.6) is 0 Å². The quantitative estimate of drug-likeness (QED) is 0.244. The van der Waals surface area contributed by atoms with Gasteiger partial charge in [0.25, 0.3) is 5.56 Å². The average molecular weight is 600 g/mol. The number of nitrogens with one attached hydrogen (secondary N) is 1. The minimum absolute atomic E-state index is 0.382. The Labute approximate surface area is 251 Å². The molecule has 0 unspecified atom stereocenters. The number of benzene rings is 3. The lowest BCUT2D eigenvalue weighted by Gasteiger charge is -2.46. The number of rotatable bonds is 7. The van der Waals surface area contributed by atoms with E-state index in [2.05, 4.69) is 0 Å². The molecular formula is C33H30FN3O7. The number of aliphatic hydroxyl groups is 1. The second kappa shape index (κ2) is 11.2. The number of H-pyrrole nitrogens is 1. The predicted octanol–water partition coefficient (Wildman–Crippen LogP) is 3.36. The molecule has 0 radical (unpaired) electrons. The number of aromatic nitrogens is 2. The first-order valence-corrected chi connectivity index (χ1v) is 14.1. The maximum absolute atomic E-state index is 14.4. The molecule has 0 spiro atoms. The van der Waals surface area contributed by atoms with Gasteiger partial charge in [0, 0.05) is 0 Å². The molecule has 4 aromatic rings. The maximum Gasteiger partial charge on any atom is 0.330 e. The van der Waals surface area contributed by atoms with Crippen molar-refractivity contribution in [2.24, 2.45) is 0 Å².